The average Bonchev–Trinajstić information content (AvgIpc) is 2.82. The molecule has 1 aromatic heterocycles. The Morgan fingerprint density at radius 2 is 2.21 bits per heavy atom. The predicted octanol–water partition coefficient (Wildman–Crippen LogP) is 1.90. The Kier molecular flexibility index (Phi) is 4.08. The molecular formula is C12H12FN3O2S. The van der Waals surface area contributed by atoms with Crippen molar-refractivity contribution < 1.29 is 13.6 Å². The van der Waals surface area contributed by atoms with Gasteiger partial charge in [-0.2, -0.15) is 0 Å². The van der Waals surface area contributed by atoms with Gasteiger partial charge in [0.15, 0.2) is 5.76 Å². The monoisotopic (exact) mass is 281 g/mol. The van der Waals surface area contributed by atoms with Gasteiger partial charge in [0.25, 0.3) is 0 Å². The van der Waals surface area contributed by atoms with Crippen molar-refractivity contribution in [3.8, 4) is 0 Å². The number of halogens is 1. The molecule has 0 fully saturated rings. The minimum Gasteiger partial charge on any atom is -0.459 e. The van der Waals surface area contributed by atoms with Gasteiger partial charge in [0.1, 0.15) is 5.82 Å². The fraction of sp³-hybridized carbons (Fsp3) is 0.0833. The lowest BCUT2D eigenvalue weighted by molar-refractivity contribution is 0.0925. The number of nitrogens with two attached hydrogens (primary N) is 2. The molecule has 7 heteroatoms. The highest BCUT2D eigenvalue weighted by molar-refractivity contribution is 7.98. The summed E-state index contributed by atoms with van der Waals surface area (Å²) in [6.45, 7) is 0. The lowest BCUT2D eigenvalue weighted by Crippen LogP contribution is -2.30. The maximum absolute atomic E-state index is 13.2. The van der Waals surface area contributed by atoms with E-state index in [4.69, 9.17) is 16.0 Å². The molecule has 0 bridgehead atoms. The van der Waals surface area contributed by atoms with Gasteiger partial charge in [0.2, 0.25) is 0 Å². The second kappa shape index (κ2) is 5.77. The van der Waals surface area contributed by atoms with Gasteiger partial charge >= 0.3 is 5.91 Å². The molecule has 100 valence electrons. The summed E-state index contributed by atoms with van der Waals surface area (Å²) in [5, 5.41) is 0. The number of hydrazine groups is 1. The number of nitrogens with one attached hydrogen (secondary N) is 1. The highest BCUT2D eigenvalue weighted by atomic mass is 32.2. The maximum Gasteiger partial charge on any atom is 0.301 e. The van der Waals surface area contributed by atoms with Crippen molar-refractivity contribution in [2.24, 2.45) is 5.84 Å². The molecule has 0 saturated heterocycles. The third kappa shape index (κ3) is 3.27. The van der Waals surface area contributed by atoms with Gasteiger partial charge in [0.05, 0.1) is 6.26 Å². The fourth-order valence-corrected chi connectivity index (χ4v) is 2.51. The first-order valence-corrected chi connectivity index (χ1v) is 6.35. The van der Waals surface area contributed by atoms with Gasteiger partial charge in [-0.05, 0) is 24.3 Å². The van der Waals surface area contributed by atoms with Crippen LogP contribution in [-0.2, 0) is 5.75 Å². The van der Waals surface area contributed by atoms with Crippen molar-refractivity contribution in [2.45, 2.75) is 10.6 Å². The first-order chi connectivity index (χ1) is 9.10. The Labute approximate surface area is 113 Å². The first-order valence-electron chi connectivity index (χ1n) is 5.36. The van der Waals surface area contributed by atoms with Gasteiger partial charge in [0, 0.05) is 21.9 Å². The van der Waals surface area contributed by atoms with E-state index in [1.54, 1.807) is 12.1 Å². The molecule has 5 nitrogen and oxygen atoms in total. The molecule has 1 amide bonds. The molecule has 0 atom stereocenters. The number of furan rings is 1. The molecule has 0 aliphatic heterocycles. The maximum atomic E-state index is 13.2. The largest absolute Gasteiger partial charge is 0.459 e. The summed E-state index contributed by atoms with van der Waals surface area (Å²) in [7, 11) is 0. The Hall–Kier alpha value is -1.99. The van der Waals surface area contributed by atoms with Gasteiger partial charge in [-0.25, -0.2) is 10.2 Å². The third-order valence-electron chi connectivity index (χ3n) is 2.37. The molecule has 0 radical (unpaired) electrons. The number of carbonyl (C=O) groups excluding carboxylic acids is 1. The SMILES string of the molecule is NNC(=O)c1occc1CSc1cc(N)cc(F)c1. The zero-order valence-corrected chi connectivity index (χ0v) is 10.7. The van der Waals surface area contributed by atoms with Crippen molar-refractivity contribution in [3.05, 3.63) is 47.7 Å². The number of rotatable bonds is 4. The van der Waals surface area contributed by atoms with Crippen molar-refractivity contribution in [2.75, 3.05) is 5.73 Å². The molecule has 1 aromatic carbocycles. The smallest absolute Gasteiger partial charge is 0.301 e. The van der Waals surface area contributed by atoms with Crippen LogP contribution in [0.25, 0.3) is 0 Å². The summed E-state index contributed by atoms with van der Waals surface area (Å²) in [4.78, 5) is 12.1. The van der Waals surface area contributed by atoms with E-state index in [-0.39, 0.29) is 5.76 Å². The summed E-state index contributed by atoms with van der Waals surface area (Å²) in [5.41, 5.74) is 8.59. The van der Waals surface area contributed by atoms with Gasteiger partial charge in [-0.15, -0.1) is 11.8 Å². The van der Waals surface area contributed by atoms with E-state index in [1.807, 2.05) is 5.43 Å². The summed E-state index contributed by atoms with van der Waals surface area (Å²) in [6, 6.07) is 5.95. The molecule has 2 rings (SSSR count). The standard InChI is InChI=1S/C12H12FN3O2S/c13-8-3-9(14)5-10(4-8)19-6-7-1-2-18-11(7)12(17)16-15/h1-5H,6,14-15H2,(H,16,17). The highest BCUT2D eigenvalue weighted by Crippen LogP contribution is 2.27. The van der Waals surface area contributed by atoms with E-state index >= 15 is 0 Å². The van der Waals surface area contributed by atoms with Crippen molar-refractivity contribution in [1.29, 1.82) is 0 Å². The molecule has 0 aliphatic carbocycles. The third-order valence-corrected chi connectivity index (χ3v) is 3.40. The Bertz CT molecular complexity index is 580. The summed E-state index contributed by atoms with van der Waals surface area (Å²) < 4.78 is 18.2. The number of hydrogen-bond acceptors (Lipinski definition) is 5. The van der Waals surface area contributed by atoms with Gasteiger partial charge in [-0.1, -0.05) is 0 Å². The van der Waals surface area contributed by atoms with Crippen LogP contribution in [0.2, 0.25) is 0 Å². The predicted molar refractivity (Wildman–Crippen MR) is 70.7 cm³/mol. The Morgan fingerprint density at radius 3 is 2.89 bits per heavy atom. The van der Waals surface area contributed by atoms with E-state index < -0.39 is 11.7 Å². The topological polar surface area (TPSA) is 94.3 Å². The number of benzene rings is 1. The Morgan fingerprint density at radius 1 is 1.42 bits per heavy atom. The summed E-state index contributed by atoms with van der Waals surface area (Å²) >= 11 is 1.35. The van der Waals surface area contributed by atoms with Crippen molar-refractivity contribution in [1.82, 2.24) is 5.43 Å². The summed E-state index contributed by atoms with van der Waals surface area (Å²) in [5.74, 6) is 4.75. The lowest BCUT2D eigenvalue weighted by Gasteiger charge is -2.04. The molecule has 2 aromatic rings. The molecule has 19 heavy (non-hydrogen) atoms. The van der Waals surface area contributed by atoms with Gasteiger partial charge in [-0.3, -0.25) is 10.2 Å². The molecule has 5 N–H and O–H groups in total. The second-order valence-corrected chi connectivity index (χ2v) is 4.81. The zero-order valence-electron chi connectivity index (χ0n) is 9.85. The number of anilines is 1. The molecule has 0 aliphatic rings. The summed E-state index contributed by atoms with van der Waals surface area (Å²) in [6.07, 6.45) is 1.40. The average molecular weight is 281 g/mol. The molecule has 0 unspecified atom stereocenters. The van der Waals surface area contributed by atoms with Crippen LogP contribution in [0.4, 0.5) is 10.1 Å². The van der Waals surface area contributed by atoms with Crippen LogP contribution in [0.3, 0.4) is 0 Å². The van der Waals surface area contributed by atoms with Crippen LogP contribution >= 0.6 is 11.8 Å². The molecular weight excluding hydrogens is 269 g/mol. The van der Waals surface area contributed by atoms with E-state index in [9.17, 15) is 9.18 Å². The first kappa shape index (κ1) is 13.4. The zero-order chi connectivity index (χ0) is 13.8. The van der Waals surface area contributed by atoms with Crippen LogP contribution in [0.1, 0.15) is 16.1 Å². The van der Waals surface area contributed by atoms with E-state index in [0.29, 0.717) is 21.9 Å². The number of hydrogen-bond donors (Lipinski definition) is 3. The molecule has 0 saturated carbocycles. The minimum atomic E-state index is -0.501. The van der Waals surface area contributed by atoms with Gasteiger partial charge < -0.3 is 10.2 Å². The van der Waals surface area contributed by atoms with E-state index in [1.165, 1.54) is 30.2 Å². The molecule has 0 spiro atoms. The normalized spacial score (nSPS) is 10.4. The number of carbonyl (C=O) groups is 1. The highest BCUT2D eigenvalue weighted by Gasteiger charge is 2.14. The van der Waals surface area contributed by atoms with Crippen LogP contribution in [0, 0.1) is 5.82 Å². The van der Waals surface area contributed by atoms with Crippen LogP contribution in [0.15, 0.2) is 39.8 Å². The fourth-order valence-electron chi connectivity index (χ4n) is 1.54. The minimum absolute atomic E-state index is 0.152. The second-order valence-electron chi connectivity index (χ2n) is 3.76. The van der Waals surface area contributed by atoms with Crippen LogP contribution in [-0.4, -0.2) is 5.91 Å². The van der Waals surface area contributed by atoms with Crippen molar-refractivity contribution in [3.63, 3.8) is 0 Å². The number of thioether (sulfide) groups is 1. The number of nitrogen functional groups attached to an aromatic ring is 2. The van der Waals surface area contributed by atoms with E-state index in [0.717, 1.165) is 0 Å². The van der Waals surface area contributed by atoms with E-state index in [2.05, 4.69) is 0 Å². The quantitative estimate of drug-likeness (QED) is 0.261. The lowest BCUT2D eigenvalue weighted by atomic mass is 10.3. The van der Waals surface area contributed by atoms with Crippen LogP contribution < -0.4 is 17.0 Å². The molecule has 1 heterocycles. The van der Waals surface area contributed by atoms with Crippen molar-refractivity contribution >= 4 is 23.4 Å². The van der Waals surface area contributed by atoms with Crippen LogP contribution in [0.5, 0.6) is 0 Å². The Balaban J connectivity index is 2.10. The number of amides is 1.